The first-order valence-electron chi connectivity index (χ1n) is 7.43. The van der Waals surface area contributed by atoms with E-state index in [-0.39, 0.29) is 47.8 Å². The molecule has 0 saturated carbocycles. The maximum atomic E-state index is 12.5. The maximum absolute atomic E-state index is 12.5. The predicted octanol–water partition coefficient (Wildman–Crippen LogP) is 0.683. The molecule has 11 heteroatoms. The van der Waals surface area contributed by atoms with Crippen molar-refractivity contribution in [3.8, 4) is 17.2 Å². The Balaban J connectivity index is 2.08. The van der Waals surface area contributed by atoms with E-state index in [1.807, 2.05) is 0 Å². The van der Waals surface area contributed by atoms with Crippen LogP contribution in [-0.4, -0.2) is 43.6 Å². The zero-order valence-corrected chi connectivity index (χ0v) is 15.9. The van der Waals surface area contributed by atoms with Gasteiger partial charge in [-0.2, -0.15) is 9.71 Å². The molecule has 138 valence electrons. The number of hydrogen-bond acceptors (Lipinski definition) is 9. The molecule has 3 rings (SSSR count). The largest absolute Gasteiger partial charge is 0.618 e. The summed E-state index contributed by atoms with van der Waals surface area (Å²) in [6, 6.07) is 0. The van der Waals surface area contributed by atoms with E-state index in [4.69, 9.17) is 19.9 Å². The van der Waals surface area contributed by atoms with Gasteiger partial charge in [0.15, 0.2) is 5.78 Å². The molecule has 0 radical (unpaired) electrons. The van der Waals surface area contributed by atoms with Gasteiger partial charge in [-0.1, -0.05) is 0 Å². The van der Waals surface area contributed by atoms with Crippen LogP contribution < -0.4 is 29.6 Å². The number of anilines is 2. The van der Waals surface area contributed by atoms with Crippen molar-refractivity contribution in [3.63, 3.8) is 0 Å². The highest BCUT2D eigenvalue weighted by molar-refractivity contribution is 9.10. The predicted molar refractivity (Wildman–Crippen MR) is 94.6 cm³/mol. The number of nitrogens with two attached hydrogens (primary N) is 1. The monoisotopic (exact) mass is 425 g/mol. The minimum absolute atomic E-state index is 0.0181. The van der Waals surface area contributed by atoms with Crippen molar-refractivity contribution in [1.82, 2.24) is 9.97 Å². The quantitative estimate of drug-likeness (QED) is 0.417. The Hall–Kier alpha value is -2.82. The summed E-state index contributed by atoms with van der Waals surface area (Å²) >= 11 is 3.23. The lowest BCUT2D eigenvalue weighted by molar-refractivity contribution is -0.614. The molecular formula is C15H16BrN5O5. The number of carbonyl (C=O) groups is 1. The molecule has 2 aromatic rings. The van der Waals surface area contributed by atoms with Gasteiger partial charge in [-0.3, -0.25) is 4.79 Å². The Morgan fingerprint density at radius 1 is 1.27 bits per heavy atom. The zero-order chi connectivity index (χ0) is 19.0. The van der Waals surface area contributed by atoms with Crippen LogP contribution in [0.15, 0.2) is 10.8 Å². The lowest BCUT2D eigenvalue weighted by atomic mass is 10.2. The molecule has 0 aliphatic carbocycles. The summed E-state index contributed by atoms with van der Waals surface area (Å²) in [7, 11) is 4.28. The first-order chi connectivity index (χ1) is 12.4. The molecule has 0 saturated heterocycles. The summed E-state index contributed by atoms with van der Waals surface area (Å²) in [5.41, 5.74) is 6.25. The number of Topliss-reactive ketones (excluding diaryl/α,β-unsaturated/α-hetero) is 1. The molecule has 2 aromatic heterocycles. The highest BCUT2D eigenvalue weighted by Crippen LogP contribution is 2.39. The summed E-state index contributed by atoms with van der Waals surface area (Å²) in [6.45, 7) is 0.0816. The Bertz CT molecular complexity index is 891. The van der Waals surface area contributed by atoms with Crippen LogP contribution in [0.5, 0.6) is 17.2 Å². The van der Waals surface area contributed by atoms with Crippen molar-refractivity contribution in [2.75, 3.05) is 38.5 Å². The molecule has 0 atom stereocenters. The maximum Gasteiger partial charge on any atom is 0.258 e. The molecule has 0 aromatic carbocycles. The number of fused-ring (bicyclic) bond motifs is 1. The summed E-state index contributed by atoms with van der Waals surface area (Å²) in [4.78, 5) is 22.0. The summed E-state index contributed by atoms with van der Waals surface area (Å²) in [5, 5.41) is 12.5. The van der Waals surface area contributed by atoms with Gasteiger partial charge < -0.3 is 30.1 Å². The standard InChI is InChI=1S/C15H16BrN5O5/c1-24-9-6-21(23)7(11(25-2)12(9)26-3)4-20-5-8(22)10-13(16)18-15(17)19-14(10)20/h6H,4-5H2,1-3H3,(H2,17,18,19). The van der Waals surface area contributed by atoms with E-state index in [9.17, 15) is 10.0 Å². The van der Waals surface area contributed by atoms with Crippen LogP contribution in [0.2, 0.25) is 0 Å². The van der Waals surface area contributed by atoms with E-state index in [1.165, 1.54) is 27.5 Å². The van der Waals surface area contributed by atoms with Crippen LogP contribution in [0.1, 0.15) is 16.1 Å². The lowest BCUT2D eigenvalue weighted by Gasteiger charge is -2.20. The number of hydrogen-bond donors (Lipinski definition) is 1. The van der Waals surface area contributed by atoms with Crippen LogP contribution in [0, 0.1) is 5.21 Å². The van der Waals surface area contributed by atoms with E-state index in [0.717, 1.165) is 0 Å². The summed E-state index contributed by atoms with van der Waals surface area (Å²) < 4.78 is 16.8. The fraction of sp³-hybridized carbons (Fsp3) is 0.333. The number of rotatable bonds is 5. The van der Waals surface area contributed by atoms with Gasteiger partial charge in [-0.05, 0) is 15.9 Å². The van der Waals surface area contributed by atoms with Crippen molar-refractivity contribution < 1.29 is 23.7 Å². The van der Waals surface area contributed by atoms with Crippen molar-refractivity contribution >= 4 is 33.5 Å². The Labute approximate surface area is 157 Å². The topological polar surface area (TPSA) is 127 Å². The molecule has 0 spiro atoms. The summed E-state index contributed by atoms with van der Waals surface area (Å²) in [5.74, 6) is 0.921. The van der Waals surface area contributed by atoms with Crippen molar-refractivity contribution in [1.29, 1.82) is 0 Å². The molecule has 0 bridgehead atoms. The van der Waals surface area contributed by atoms with Crippen LogP contribution in [0.3, 0.4) is 0 Å². The zero-order valence-electron chi connectivity index (χ0n) is 14.3. The third-order valence-corrected chi connectivity index (χ3v) is 4.51. The number of nitrogen functional groups attached to an aromatic ring is 1. The molecule has 0 amide bonds. The Kier molecular flexibility index (Phi) is 4.72. The van der Waals surface area contributed by atoms with Gasteiger partial charge in [0, 0.05) is 0 Å². The third kappa shape index (κ3) is 2.83. The fourth-order valence-electron chi connectivity index (χ4n) is 2.82. The number of nitrogens with zero attached hydrogens (tertiary/aromatic N) is 4. The second-order valence-electron chi connectivity index (χ2n) is 5.39. The average molecular weight is 426 g/mol. The summed E-state index contributed by atoms with van der Waals surface area (Å²) in [6.07, 6.45) is 1.24. The Morgan fingerprint density at radius 3 is 2.58 bits per heavy atom. The van der Waals surface area contributed by atoms with E-state index in [2.05, 4.69) is 25.9 Å². The van der Waals surface area contributed by atoms with Crippen molar-refractivity contribution in [2.45, 2.75) is 6.54 Å². The molecule has 2 N–H and O–H groups in total. The van der Waals surface area contributed by atoms with Gasteiger partial charge >= 0.3 is 0 Å². The highest BCUT2D eigenvalue weighted by Gasteiger charge is 2.35. The minimum Gasteiger partial charge on any atom is -0.618 e. The van der Waals surface area contributed by atoms with Gasteiger partial charge in [-0.15, -0.1) is 0 Å². The fourth-order valence-corrected chi connectivity index (χ4v) is 3.40. The molecule has 1 aliphatic heterocycles. The molecule has 0 unspecified atom stereocenters. The molecular weight excluding hydrogens is 410 g/mol. The second kappa shape index (κ2) is 6.83. The van der Waals surface area contributed by atoms with Gasteiger partial charge in [0.2, 0.25) is 29.4 Å². The molecule has 26 heavy (non-hydrogen) atoms. The van der Waals surface area contributed by atoms with Gasteiger partial charge in [0.25, 0.3) is 5.69 Å². The number of ether oxygens (including phenoxy) is 3. The number of pyridine rings is 1. The molecule has 10 nitrogen and oxygen atoms in total. The van der Waals surface area contributed by atoms with Gasteiger partial charge in [0.05, 0.1) is 33.4 Å². The van der Waals surface area contributed by atoms with Crippen LogP contribution in [0.25, 0.3) is 0 Å². The number of halogens is 1. The SMILES string of the molecule is COc1c[n+]([O-])c(CN2CC(=O)c3c(Br)nc(N)nc32)c(OC)c1OC. The van der Waals surface area contributed by atoms with Gasteiger partial charge in [0.1, 0.15) is 17.0 Å². The number of carbonyl (C=O) groups excluding carboxylic acids is 1. The lowest BCUT2D eigenvalue weighted by Crippen LogP contribution is -2.37. The van der Waals surface area contributed by atoms with Crippen LogP contribution in [0.4, 0.5) is 11.8 Å². The first kappa shape index (κ1) is 18.0. The van der Waals surface area contributed by atoms with E-state index in [1.54, 1.807) is 4.90 Å². The average Bonchev–Trinajstić information content (AvgIpc) is 2.91. The first-order valence-corrected chi connectivity index (χ1v) is 8.22. The van der Waals surface area contributed by atoms with E-state index in [0.29, 0.717) is 20.7 Å². The highest BCUT2D eigenvalue weighted by atomic mass is 79.9. The van der Waals surface area contributed by atoms with Crippen LogP contribution in [-0.2, 0) is 6.54 Å². The molecule has 3 heterocycles. The van der Waals surface area contributed by atoms with Gasteiger partial charge in [-0.25, -0.2) is 4.98 Å². The minimum atomic E-state index is -0.177. The molecule has 1 aliphatic rings. The van der Waals surface area contributed by atoms with Crippen molar-refractivity contribution in [2.24, 2.45) is 0 Å². The van der Waals surface area contributed by atoms with E-state index < -0.39 is 0 Å². The number of aromatic nitrogens is 3. The molecule has 0 fully saturated rings. The Morgan fingerprint density at radius 2 is 1.96 bits per heavy atom. The number of methoxy groups -OCH3 is 3. The second-order valence-corrected chi connectivity index (χ2v) is 6.14. The third-order valence-electron chi connectivity index (χ3n) is 3.94. The number of ketones is 1. The normalized spacial score (nSPS) is 12.9. The van der Waals surface area contributed by atoms with E-state index >= 15 is 0 Å². The van der Waals surface area contributed by atoms with Crippen LogP contribution >= 0.6 is 15.9 Å². The smallest absolute Gasteiger partial charge is 0.258 e. The van der Waals surface area contributed by atoms with Crippen molar-refractivity contribution in [3.05, 3.63) is 27.3 Å².